The van der Waals surface area contributed by atoms with Gasteiger partial charge in [-0.1, -0.05) is 12.1 Å². The quantitative estimate of drug-likeness (QED) is 0.922. The molecule has 1 aromatic heterocycles. The number of carbonyl (C=O) groups is 1. The number of amides is 1. The maximum Gasteiger partial charge on any atom is 0.238 e. The van der Waals surface area contributed by atoms with Crippen LogP contribution in [0.4, 0.5) is 10.1 Å². The number of hydrogen-bond acceptors (Lipinski definition) is 3. The summed E-state index contributed by atoms with van der Waals surface area (Å²) in [5.74, 6) is -0.357. The van der Waals surface area contributed by atoms with Gasteiger partial charge in [-0.25, -0.2) is 4.39 Å². The van der Waals surface area contributed by atoms with E-state index >= 15 is 0 Å². The Labute approximate surface area is 136 Å². The number of hydrogen-bond donors (Lipinski definition) is 1. The molecule has 5 nitrogen and oxygen atoms in total. The van der Waals surface area contributed by atoms with Crippen LogP contribution in [0, 0.1) is 19.7 Å². The van der Waals surface area contributed by atoms with E-state index in [0.29, 0.717) is 0 Å². The summed E-state index contributed by atoms with van der Waals surface area (Å²) in [6.45, 7) is 6.02. The fourth-order valence-corrected chi connectivity index (χ4v) is 2.49. The largest absolute Gasteiger partial charge is 0.322 e. The molecule has 1 unspecified atom stereocenters. The van der Waals surface area contributed by atoms with Crippen molar-refractivity contribution in [1.29, 1.82) is 0 Å². The maximum absolute atomic E-state index is 13.0. The molecule has 0 aliphatic rings. The second kappa shape index (κ2) is 6.91. The smallest absolute Gasteiger partial charge is 0.238 e. The Kier molecular flexibility index (Phi) is 5.15. The van der Waals surface area contributed by atoms with Crippen LogP contribution >= 0.6 is 0 Å². The molecule has 1 amide bonds. The standard InChI is InChI=1S/C17H23FN4O/c1-11-17(13(3)22(5)20-11)19-16(23)10-21(4)12(2)14-6-8-15(18)9-7-14/h6-9,12H,10H2,1-5H3,(H,19,23). The Bertz CT molecular complexity index is 693. The minimum absolute atomic E-state index is 0.0115. The molecule has 0 saturated carbocycles. The van der Waals surface area contributed by atoms with Crippen LogP contribution in [-0.4, -0.2) is 34.2 Å². The van der Waals surface area contributed by atoms with Crippen molar-refractivity contribution >= 4 is 11.6 Å². The van der Waals surface area contributed by atoms with Crippen molar-refractivity contribution in [3.63, 3.8) is 0 Å². The second-order valence-corrected chi connectivity index (χ2v) is 5.86. The zero-order chi connectivity index (χ0) is 17.1. The maximum atomic E-state index is 13.0. The summed E-state index contributed by atoms with van der Waals surface area (Å²) in [6, 6.07) is 6.36. The van der Waals surface area contributed by atoms with Crippen LogP contribution < -0.4 is 5.32 Å². The molecule has 0 radical (unpaired) electrons. The topological polar surface area (TPSA) is 50.2 Å². The average Bonchev–Trinajstić information content (AvgIpc) is 2.73. The molecule has 2 aromatic rings. The highest BCUT2D eigenvalue weighted by Crippen LogP contribution is 2.20. The molecule has 0 aliphatic carbocycles. The highest BCUT2D eigenvalue weighted by molar-refractivity contribution is 5.93. The Balaban J connectivity index is 2.00. The third kappa shape index (κ3) is 3.96. The lowest BCUT2D eigenvalue weighted by atomic mass is 10.1. The molecule has 6 heteroatoms. The average molecular weight is 318 g/mol. The fourth-order valence-electron chi connectivity index (χ4n) is 2.49. The molecule has 1 aromatic carbocycles. The van der Waals surface area contributed by atoms with Gasteiger partial charge in [0.15, 0.2) is 0 Å². The number of halogens is 1. The number of rotatable bonds is 5. The number of nitrogens with one attached hydrogen (secondary N) is 1. The number of carbonyl (C=O) groups excluding carboxylic acids is 1. The van der Waals surface area contributed by atoms with Gasteiger partial charge in [0.1, 0.15) is 5.82 Å². The zero-order valence-corrected chi connectivity index (χ0v) is 14.2. The van der Waals surface area contributed by atoms with Crippen LogP contribution in [0.1, 0.15) is 29.9 Å². The Morgan fingerprint density at radius 3 is 2.48 bits per heavy atom. The van der Waals surface area contributed by atoms with Crippen molar-refractivity contribution in [2.45, 2.75) is 26.8 Å². The minimum atomic E-state index is -0.260. The van der Waals surface area contributed by atoms with Crippen LogP contribution in [0.5, 0.6) is 0 Å². The lowest BCUT2D eigenvalue weighted by Gasteiger charge is -2.24. The number of aromatic nitrogens is 2. The molecule has 1 N–H and O–H groups in total. The second-order valence-electron chi connectivity index (χ2n) is 5.86. The molecule has 124 valence electrons. The number of benzene rings is 1. The summed E-state index contributed by atoms with van der Waals surface area (Å²) in [6.07, 6.45) is 0. The summed E-state index contributed by atoms with van der Waals surface area (Å²) in [5, 5.41) is 7.21. The monoisotopic (exact) mass is 318 g/mol. The van der Waals surface area contributed by atoms with Crippen molar-refractivity contribution in [3.05, 3.63) is 47.0 Å². The highest BCUT2D eigenvalue weighted by Gasteiger charge is 2.17. The van der Waals surface area contributed by atoms with Gasteiger partial charge in [-0.2, -0.15) is 5.10 Å². The van der Waals surface area contributed by atoms with E-state index in [4.69, 9.17) is 0 Å². The lowest BCUT2D eigenvalue weighted by molar-refractivity contribution is -0.117. The first-order valence-electron chi connectivity index (χ1n) is 7.55. The predicted octanol–water partition coefficient (Wildman–Crippen LogP) is 2.81. The van der Waals surface area contributed by atoms with Crippen molar-refractivity contribution in [3.8, 4) is 0 Å². The molecule has 23 heavy (non-hydrogen) atoms. The van der Waals surface area contributed by atoms with Gasteiger partial charge in [-0.3, -0.25) is 14.4 Å². The van der Waals surface area contributed by atoms with Crippen LogP contribution in [0.25, 0.3) is 0 Å². The van der Waals surface area contributed by atoms with Gasteiger partial charge in [0.25, 0.3) is 0 Å². The number of anilines is 1. The van der Waals surface area contributed by atoms with Gasteiger partial charge in [0.2, 0.25) is 5.91 Å². The van der Waals surface area contributed by atoms with Crippen LogP contribution in [-0.2, 0) is 11.8 Å². The van der Waals surface area contributed by atoms with E-state index in [0.717, 1.165) is 22.6 Å². The van der Waals surface area contributed by atoms with Gasteiger partial charge >= 0.3 is 0 Å². The van der Waals surface area contributed by atoms with Gasteiger partial charge in [-0.05, 0) is 45.5 Å². The van der Waals surface area contributed by atoms with E-state index in [2.05, 4.69) is 10.4 Å². The third-order valence-electron chi connectivity index (χ3n) is 4.18. The normalized spacial score (nSPS) is 12.5. The third-order valence-corrected chi connectivity index (χ3v) is 4.18. The van der Waals surface area contributed by atoms with E-state index < -0.39 is 0 Å². The van der Waals surface area contributed by atoms with E-state index in [1.165, 1.54) is 12.1 Å². The molecule has 0 spiro atoms. The SMILES string of the molecule is Cc1nn(C)c(C)c1NC(=O)CN(C)C(C)c1ccc(F)cc1. The van der Waals surface area contributed by atoms with E-state index in [9.17, 15) is 9.18 Å². The molecule has 0 aliphatic heterocycles. The summed E-state index contributed by atoms with van der Waals surface area (Å²) >= 11 is 0. The van der Waals surface area contributed by atoms with E-state index in [1.807, 2.05) is 39.8 Å². The highest BCUT2D eigenvalue weighted by atomic mass is 19.1. The number of likely N-dealkylation sites (N-methyl/N-ethyl adjacent to an activating group) is 1. The van der Waals surface area contributed by atoms with Gasteiger partial charge < -0.3 is 5.32 Å². The molecule has 1 atom stereocenters. The van der Waals surface area contributed by atoms with Gasteiger partial charge in [0, 0.05) is 13.1 Å². The van der Waals surface area contributed by atoms with Crippen LogP contribution in [0.15, 0.2) is 24.3 Å². The predicted molar refractivity (Wildman–Crippen MR) is 88.8 cm³/mol. The van der Waals surface area contributed by atoms with Crippen molar-refractivity contribution in [1.82, 2.24) is 14.7 Å². The summed E-state index contributed by atoms with van der Waals surface area (Å²) in [4.78, 5) is 14.2. The molecule has 0 saturated heterocycles. The van der Waals surface area contributed by atoms with Crippen molar-refractivity contribution < 1.29 is 9.18 Å². The summed E-state index contributed by atoms with van der Waals surface area (Å²) in [7, 11) is 3.72. The van der Waals surface area contributed by atoms with Crippen LogP contribution in [0.3, 0.4) is 0 Å². The van der Waals surface area contributed by atoms with Crippen molar-refractivity contribution in [2.24, 2.45) is 7.05 Å². The Hall–Kier alpha value is -2.21. The van der Waals surface area contributed by atoms with Crippen molar-refractivity contribution in [2.75, 3.05) is 18.9 Å². The lowest BCUT2D eigenvalue weighted by Crippen LogP contribution is -2.32. The summed E-state index contributed by atoms with van der Waals surface area (Å²) in [5.41, 5.74) is 3.45. The van der Waals surface area contributed by atoms with E-state index in [1.54, 1.807) is 16.8 Å². The first-order chi connectivity index (χ1) is 10.8. The van der Waals surface area contributed by atoms with Gasteiger partial charge in [-0.15, -0.1) is 0 Å². The molecule has 0 bridgehead atoms. The Morgan fingerprint density at radius 1 is 1.35 bits per heavy atom. The van der Waals surface area contributed by atoms with E-state index in [-0.39, 0.29) is 24.3 Å². The number of nitrogens with zero attached hydrogens (tertiary/aromatic N) is 3. The fraction of sp³-hybridized carbons (Fsp3) is 0.412. The molecular formula is C17H23FN4O. The molecule has 0 fully saturated rings. The molecular weight excluding hydrogens is 295 g/mol. The zero-order valence-electron chi connectivity index (χ0n) is 14.2. The first kappa shape index (κ1) is 17.1. The Morgan fingerprint density at radius 2 is 1.96 bits per heavy atom. The van der Waals surface area contributed by atoms with Gasteiger partial charge in [0.05, 0.1) is 23.6 Å². The summed E-state index contributed by atoms with van der Waals surface area (Å²) < 4.78 is 14.7. The van der Waals surface area contributed by atoms with Crippen LogP contribution in [0.2, 0.25) is 0 Å². The molecule has 2 rings (SSSR count). The molecule has 1 heterocycles. The first-order valence-corrected chi connectivity index (χ1v) is 7.55. The minimum Gasteiger partial charge on any atom is -0.322 e. The number of aryl methyl sites for hydroxylation is 2.